The molecule has 0 unspecified atom stereocenters. The van der Waals surface area contributed by atoms with Crippen molar-refractivity contribution in [3.05, 3.63) is 212 Å². The number of nitrogens with zero attached hydrogens (tertiary/aromatic N) is 5. The zero-order valence-electron chi connectivity index (χ0n) is 33.9. The minimum Gasteiger partial charge on any atom is -0.455 e. The molecule has 6 heteroatoms. The van der Waals surface area contributed by atoms with Gasteiger partial charge in [0.1, 0.15) is 11.2 Å². The first-order valence-electron chi connectivity index (χ1n) is 21.2. The summed E-state index contributed by atoms with van der Waals surface area (Å²) >= 11 is 0. The van der Waals surface area contributed by atoms with Gasteiger partial charge in [0.2, 0.25) is 0 Å². The minimum atomic E-state index is 0.606. The van der Waals surface area contributed by atoms with Gasteiger partial charge in [0.15, 0.2) is 17.5 Å². The van der Waals surface area contributed by atoms with E-state index in [4.69, 9.17) is 19.4 Å². The molecule has 13 aromatic rings. The van der Waals surface area contributed by atoms with Crippen LogP contribution in [0.15, 0.2) is 217 Å². The minimum absolute atomic E-state index is 0.606. The van der Waals surface area contributed by atoms with Gasteiger partial charge in [-0.05, 0) is 71.8 Å². The Hall–Kier alpha value is -8.61. The summed E-state index contributed by atoms with van der Waals surface area (Å²) in [4.78, 5) is 15.2. The Labute approximate surface area is 361 Å². The summed E-state index contributed by atoms with van der Waals surface area (Å²) in [5.74, 6) is 1.86. The molecule has 0 radical (unpaired) electrons. The van der Waals surface area contributed by atoms with Crippen LogP contribution in [-0.4, -0.2) is 24.1 Å². The number of fused-ring (bicyclic) bond motifs is 11. The van der Waals surface area contributed by atoms with E-state index in [-0.39, 0.29) is 0 Å². The van der Waals surface area contributed by atoms with Gasteiger partial charge < -0.3 is 13.6 Å². The molecule has 0 aliphatic rings. The topological polar surface area (TPSA) is 61.7 Å². The molecule has 0 bridgehead atoms. The van der Waals surface area contributed by atoms with Crippen molar-refractivity contribution in [2.24, 2.45) is 0 Å². The second-order valence-corrected chi connectivity index (χ2v) is 16.0. The summed E-state index contributed by atoms with van der Waals surface area (Å²) in [6, 6.07) is 74.3. The fourth-order valence-corrected chi connectivity index (χ4v) is 9.61. The van der Waals surface area contributed by atoms with Crippen molar-refractivity contribution >= 4 is 65.6 Å². The summed E-state index contributed by atoms with van der Waals surface area (Å²) in [5, 5.41) is 6.73. The molecule has 294 valence electrons. The number of benzene rings is 9. The second kappa shape index (κ2) is 14.0. The van der Waals surface area contributed by atoms with Crippen LogP contribution >= 0.6 is 0 Å². The zero-order valence-corrected chi connectivity index (χ0v) is 33.9. The Bertz CT molecular complexity index is 3830. The number of aromatic nitrogens is 5. The predicted molar refractivity (Wildman–Crippen MR) is 258 cm³/mol. The third-order valence-corrected chi connectivity index (χ3v) is 12.3. The first kappa shape index (κ1) is 35.2. The number of hydrogen-bond acceptors (Lipinski definition) is 4. The van der Waals surface area contributed by atoms with Gasteiger partial charge in [-0.1, -0.05) is 152 Å². The molecule has 0 aliphatic carbocycles. The lowest BCUT2D eigenvalue weighted by atomic mass is 9.95. The van der Waals surface area contributed by atoms with Crippen molar-refractivity contribution in [1.82, 2.24) is 24.1 Å². The summed E-state index contributed by atoms with van der Waals surface area (Å²) in [7, 11) is 0. The molecule has 4 aromatic heterocycles. The third-order valence-electron chi connectivity index (χ3n) is 12.3. The van der Waals surface area contributed by atoms with Crippen LogP contribution in [0.1, 0.15) is 0 Å². The Kier molecular flexibility index (Phi) is 7.80. The lowest BCUT2D eigenvalue weighted by Gasteiger charge is -2.12. The lowest BCUT2D eigenvalue weighted by Crippen LogP contribution is -2.00. The highest BCUT2D eigenvalue weighted by molar-refractivity contribution is 6.32. The van der Waals surface area contributed by atoms with Crippen LogP contribution in [0.5, 0.6) is 0 Å². The molecule has 0 amide bonds. The quantitative estimate of drug-likeness (QED) is 0.168. The Morgan fingerprint density at radius 1 is 0.333 bits per heavy atom. The number of para-hydroxylation sites is 4. The van der Waals surface area contributed by atoms with Crippen LogP contribution < -0.4 is 0 Å². The maximum absolute atomic E-state index is 7.05. The van der Waals surface area contributed by atoms with Crippen molar-refractivity contribution in [3.8, 4) is 56.7 Å². The highest BCUT2D eigenvalue weighted by atomic mass is 16.3. The zero-order chi connectivity index (χ0) is 41.4. The molecule has 9 aromatic carbocycles. The van der Waals surface area contributed by atoms with Crippen molar-refractivity contribution < 1.29 is 4.42 Å². The van der Waals surface area contributed by atoms with Crippen LogP contribution in [0, 0.1) is 0 Å². The van der Waals surface area contributed by atoms with Crippen LogP contribution in [-0.2, 0) is 0 Å². The SMILES string of the molecule is c1ccc(-c2nc(-c3ccccc3)nc(-c3cccc(-c4cc5c(c6ccc7c(c8ccccc8n7-c7ccccc7)c6n5-c5ccccc5)c5oc6ccccc6c45)c3)n2)cc1. The highest BCUT2D eigenvalue weighted by Crippen LogP contribution is 2.48. The fourth-order valence-electron chi connectivity index (χ4n) is 9.61. The number of rotatable bonds is 6. The van der Waals surface area contributed by atoms with E-state index < -0.39 is 0 Å². The molecule has 0 saturated carbocycles. The van der Waals surface area contributed by atoms with Gasteiger partial charge in [-0.2, -0.15) is 0 Å². The fraction of sp³-hybridized carbons (Fsp3) is 0. The average molecular weight is 806 g/mol. The molecule has 0 spiro atoms. The van der Waals surface area contributed by atoms with E-state index in [1.54, 1.807) is 0 Å². The standard InChI is InChI=1S/C57H35N5O/c1-5-18-36(19-6-1)55-58-56(37-20-7-2-8-21-37)60-57(59-55)39-23-17-22-38(34-39)45-35-48-52(54-50(45)43-29-14-16-31-49(43)63-54)44-32-33-47-51(53(44)62(48)41-26-11-4-12-27-41)42-28-13-15-30-46(42)61(47)40-24-9-3-10-25-40/h1-35H. The Balaban J connectivity index is 1.13. The molecule has 13 rings (SSSR count). The van der Waals surface area contributed by atoms with Crippen LogP contribution in [0.2, 0.25) is 0 Å². The molecule has 0 N–H and O–H groups in total. The second-order valence-electron chi connectivity index (χ2n) is 16.0. The molecule has 4 heterocycles. The normalized spacial score (nSPS) is 11.8. The summed E-state index contributed by atoms with van der Waals surface area (Å²) in [6.07, 6.45) is 0. The van der Waals surface area contributed by atoms with E-state index >= 15 is 0 Å². The molecule has 0 fully saturated rings. The molecule has 0 saturated heterocycles. The van der Waals surface area contributed by atoms with Crippen LogP contribution in [0.25, 0.3) is 122 Å². The van der Waals surface area contributed by atoms with Crippen molar-refractivity contribution in [3.63, 3.8) is 0 Å². The first-order valence-corrected chi connectivity index (χ1v) is 21.2. The molecular formula is C57H35N5O. The highest BCUT2D eigenvalue weighted by Gasteiger charge is 2.26. The van der Waals surface area contributed by atoms with Gasteiger partial charge in [0, 0.05) is 55.0 Å². The monoisotopic (exact) mass is 805 g/mol. The third kappa shape index (κ3) is 5.48. The van der Waals surface area contributed by atoms with E-state index in [0.29, 0.717) is 17.5 Å². The van der Waals surface area contributed by atoms with Gasteiger partial charge in [-0.25, -0.2) is 15.0 Å². The van der Waals surface area contributed by atoms with Gasteiger partial charge in [0.25, 0.3) is 0 Å². The summed E-state index contributed by atoms with van der Waals surface area (Å²) in [5.41, 5.74) is 13.3. The number of hydrogen-bond donors (Lipinski definition) is 0. The van der Waals surface area contributed by atoms with E-state index in [0.717, 1.165) is 94.0 Å². The lowest BCUT2D eigenvalue weighted by molar-refractivity contribution is 0.673. The molecule has 6 nitrogen and oxygen atoms in total. The molecular weight excluding hydrogens is 771 g/mol. The number of furan rings is 1. The molecule has 63 heavy (non-hydrogen) atoms. The summed E-state index contributed by atoms with van der Waals surface area (Å²) in [6.45, 7) is 0. The maximum Gasteiger partial charge on any atom is 0.164 e. The van der Waals surface area contributed by atoms with Gasteiger partial charge in [-0.3, -0.25) is 0 Å². The van der Waals surface area contributed by atoms with E-state index in [9.17, 15) is 0 Å². The molecule has 0 atom stereocenters. The maximum atomic E-state index is 7.05. The first-order chi connectivity index (χ1) is 31.3. The Morgan fingerprint density at radius 2 is 0.873 bits per heavy atom. The van der Waals surface area contributed by atoms with Gasteiger partial charge in [0.05, 0.1) is 27.5 Å². The van der Waals surface area contributed by atoms with Crippen molar-refractivity contribution in [2.75, 3.05) is 0 Å². The Morgan fingerprint density at radius 3 is 1.56 bits per heavy atom. The summed E-state index contributed by atoms with van der Waals surface area (Å²) < 4.78 is 11.9. The van der Waals surface area contributed by atoms with Crippen molar-refractivity contribution in [2.45, 2.75) is 0 Å². The van der Waals surface area contributed by atoms with E-state index in [1.165, 1.54) is 10.8 Å². The van der Waals surface area contributed by atoms with Gasteiger partial charge in [-0.15, -0.1) is 0 Å². The van der Waals surface area contributed by atoms with E-state index in [2.05, 4.69) is 155 Å². The average Bonchev–Trinajstić information content (AvgIpc) is 4.03. The predicted octanol–water partition coefficient (Wildman–Crippen LogP) is 14.6. The largest absolute Gasteiger partial charge is 0.455 e. The van der Waals surface area contributed by atoms with Crippen LogP contribution in [0.4, 0.5) is 0 Å². The molecule has 0 aliphatic heterocycles. The smallest absolute Gasteiger partial charge is 0.164 e. The van der Waals surface area contributed by atoms with E-state index in [1.807, 2.05) is 66.7 Å². The van der Waals surface area contributed by atoms with Gasteiger partial charge >= 0.3 is 0 Å². The van der Waals surface area contributed by atoms with Crippen LogP contribution in [0.3, 0.4) is 0 Å². The van der Waals surface area contributed by atoms with Crippen molar-refractivity contribution in [1.29, 1.82) is 0 Å².